The molecular formula is C13H16F3NO3. The van der Waals surface area contributed by atoms with E-state index in [-0.39, 0.29) is 5.41 Å². The van der Waals surface area contributed by atoms with Crippen LogP contribution in [0.15, 0.2) is 24.3 Å². The first-order valence-corrected chi connectivity index (χ1v) is 5.90. The third-order valence-corrected chi connectivity index (χ3v) is 3.06. The van der Waals surface area contributed by atoms with E-state index < -0.39 is 28.8 Å². The van der Waals surface area contributed by atoms with Gasteiger partial charge in [0.15, 0.2) is 0 Å². The van der Waals surface area contributed by atoms with E-state index in [1.54, 1.807) is 0 Å². The molecule has 1 aromatic carbocycles. The highest BCUT2D eigenvalue weighted by Gasteiger charge is 2.58. The van der Waals surface area contributed by atoms with Gasteiger partial charge in [-0.05, 0) is 16.5 Å². The number of hydrogen-bond acceptors (Lipinski definition) is 3. The summed E-state index contributed by atoms with van der Waals surface area (Å²) in [5, 5.41) is 20.1. The van der Waals surface area contributed by atoms with Gasteiger partial charge in [-0.25, -0.2) is 0 Å². The highest BCUT2D eigenvalue weighted by atomic mass is 19.4. The predicted molar refractivity (Wildman–Crippen MR) is 67.0 cm³/mol. The van der Waals surface area contributed by atoms with Crippen LogP contribution in [0.25, 0.3) is 0 Å². The minimum Gasteiger partial charge on any atom is -0.371 e. The number of hydrogen-bond donors (Lipinski definition) is 1. The predicted octanol–water partition coefficient (Wildman–Crippen LogP) is 3.01. The number of benzene rings is 1. The average molecular weight is 291 g/mol. The molecule has 7 heteroatoms. The molecule has 1 atom stereocenters. The van der Waals surface area contributed by atoms with Crippen LogP contribution in [0.1, 0.15) is 31.9 Å². The number of alkyl halides is 3. The second kappa shape index (κ2) is 5.05. The first kappa shape index (κ1) is 16.4. The first-order chi connectivity index (χ1) is 8.88. The van der Waals surface area contributed by atoms with Gasteiger partial charge < -0.3 is 5.11 Å². The molecule has 1 N–H and O–H groups in total. The Labute approximate surface area is 114 Å². The van der Waals surface area contributed by atoms with Crippen molar-refractivity contribution in [2.45, 2.75) is 38.0 Å². The van der Waals surface area contributed by atoms with E-state index in [9.17, 15) is 28.4 Å². The summed E-state index contributed by atoms with van der Waals surface area (Å²) in [5.41, 5.74) is -3.51. The van der Waals surface area contributed by atoms with Gasteiger partial charge in [0.25, 0.3) is 5.60 Å². The van der Waals surface area contributed by atoms with Gasteiger partial charge in [0.05, 0.1) is 0 Å². The Morgan fingerprint density at radius 3 is 1.80 bits per heavy atom. The van der Waals surface area contributed by atoms with Gasteiger partial charge in [0.2, 0.25) is 6.54 Å². The van der Waals surface area contributed by atoms with Crippen molar-refractivity contribution in [1.29, 1.82) is 0 Å². The Morgan fingerprint density at radius 1 is 1.10 bits per heavy atom. The Hall–Kier alpha value is -1.63. The summed E-state index contributed by atoms with van der Waals surface area (Å²) in [7, 11) is 0. The van der Waals surface area contributed by atoms with Crippen molar-refractivity contribution in [2.24, 2.45) is 0 Å². The number of halogens is 3. The van der Waals surface area contributed by atoms with E-state index in [0.29, 0.717) is 0 Å². The molecule has 1 aromatic rings. The summed E-state index contributed by atoms with van der Waals surface area (Å²) >= 11 is 0. The molecule has 0 unspecified atom stereocenters. The lowest BCUT2D eigenvalue weighted by Crippen LogP contribution is -2.47. The zero-order valence-corrected chi connectivity index (χ0v) is 11.4. The normalized spacial score (nSPS) is 15.8. The maximum Gasteiger partial charge on any atom is 0.428 e. The van der Waals surface area contributed by atoms with Crippen LogP contribution < -0.4 is 0 Å². The van der Waals surface area contributed by atoms with Crippen LogP contribution in [0.5, 0.6) is 0 Å². The summed E-state index contributed by atoms with van der Waals surface area (Å²) in [6, 6.07) is 5.03. The van der Waals surface area contributed by atoms with Crippen LogP contribution >= 0.6 is 0 Å². The molecule has 0 aliphatic heterocycles. The lowest BCUT2D eigenvalue weighted by Gasteiger charge is -2.28. The highest BCUT2D eigenvalue weighted by molar-refractivity contribution is 5.31. The van der Waals surface area contributed by atoms with E-state index in [1.807, 2.05) is 20.8 Å². The van der Waals surface area contributed by atoms with E-state index in [2.05, 4.69) is 0 Å². The molecule has 20 heavy (non-hydrogen) atoms. The largest absolute Gasteiger partial charge is 0.428 e. The molecule has 1 rings (SSSR count). The quantitative estimate of drug-likeness (QED) is 0.687. The maximum atomic E-state index is 12.9. The topological polar surface area (TPSA) is 63.4 Å². The smallest absolute Gasteiger partial charge is 0.371 e. The molecule has 0 bridgehead atoms. The lowest BCUT2D eigenvalue weighted by atomic mass is 9.84. The summed E-state index contributed by atoms with van der Waals surface area (Å²) in [5.74, 6) is 0. The van der Waals surface area contributed by atoms with Gasteiger partial charge >= 0.3 is 6.18 Å². The molecule has 0 saturated heterocycles. The average Bonchev–Trinajstić information content (AvgIpc) is 2.25. The molecule has 0 amide bonds. The molecule has 112 valence electrons. The summed E-state index contributed by atoms with van der Waals surface area (Å²) < 4.78 is 38.8. The molecule has 0 radical (unpaired) electrons. The first-order valence-electron chi connectivity index (χ1n) is 5.90. The number of nitro groups is 1. The zero-order chi connectivity index (χ0) is 15.8. The van der Waals surface area contributed by atoms with Crippen molar-refractivity contribution in [3.63, 3.8) is 0 Å². The van der Waals surface area contributed by atoms with Crippen molar-refractivity contribution in [1.82, 2.24) is 0 Å². The fraction of sp³-hybridized carbons (Fsp3) is 0.538. The van der Waals surface area contributed by atoms with Gasteiger partial charge in [-0.1, -0.05) is 45.0 Å². The molecule has 0 aromatic heterocycles. The van der Waals surface area contributed by atoms with Gasteiger partial charge in [0.1, 0.15) is 0 Å². The van der Waals surface area contributed by atoms with Crippen LogP contribution in [0.3, 0.4) is 0 Å². The molecule has 4 nitrogen and oxygen atoms in total. The van der Waals surface area contributed by atoms with Crippen molar-refractivity contribution >= 4 is 0 Å². The summed E-state index contributed by atoms with van der Waals surface area (Å²) in [6.45, 7) is 4.03. The van der Waals surface area contributed by atoms with Gasteiger partial charge in [-0.15, -0.1) is 0 Å². The van der Waals surface area contributed by atoms with E-state index >= 15 is 0 Å². The molecule has 0 aliphatic rings. The van der Waals surface area contributed by atoms with Crippen LogP contribution in [-0.2, 0) is 11.0 Å². The van der Waals surface area contributed by atoms with Crippen LogP contribution in [0.2, 0.25) is 0 Å². The molecule has 0 saturated carbocycles. The minimum atomic E-state index is -5.12. The van der Waals surface area contributed by atoms with Crippen molar-refractivity contribution in [3.05, 3.63) is 45.5 Å². The molecule has 0 fully saturated rings. The van der Waals surface area contributed by atoms with Gasteiger partial charge in [0, 0.05) is 4.92 Å². The molecular weight excluding hydrogens is 275 g/mol. The van der Waals surface area contributed by atoms with Crippen LogP contribution in [0, 0.1) is 10.1 Å². The molecule has 0 aliphatic carbocycles. The minimum absolute atomic E-state index is 0.266. The van der Waals surface area contributed by atoms with Gasteiger partial charge in [-0.3, -0.25) is 10.1 Å². The Balaban J connectivity index is 3.26. The third kappa shape index (κ3) is 3.27. The van der Waals surface area contributed by atoms with Crippen LogP contribution in [-0.4, -0.2) is 22.8 Å². The zero-order valence-electron chi connectivity index (χ0n) is 11.4. The molecule has 0 spiro atoms. The van der Waals surface area contributed by atoms with E-state index in [4.69, 9.17) is 0 Å². The standard InChI is InChI=1S/C13H16F3NO3/c1-11(2,3)9-4-6-10(7-5-9)12(18,8-17(19)20)13(14,15)16/h4-7,18H,8H2,1-3H3/t12-/m1/s1. The van der Waals surface area contributed by atoms with Crippen molar-refractivity contribution in [3.8, 4) is 0 Å². The maximum absolute atomic E-state index is 12.9. The van der Waals surface area contributed by atoms with E-state index in [0.717, 1.165) is 17.7 Å². The highest BCUT2D eigenvalue weighted by Crippen LogP contribution is 2.39. The lowest BCUT2D eigenvalue weighted by molar-refractivity contribution is -0.519. The Bertz CT molecular complexity index is 491. The number of aliphatic hydroxyl groups is 1. The van der Waals surface area contributed by atoms with E-state index in [1.165, 1.54) is 12.1 Å². The van der Waals surface area contributed by atoms with Gasteiger partial charge in [-0.2, -0.15) is 13.2 Å². The summed E-state index contributed by atoms with van der Waals surface area (Å²) in [6.07, 6.45) is -5.12. The second-order valence-corrected chi connectivity index (χ2v) is 5.68. The van der Waals surface area contributed by atoms with Crippen LogP contribution in [0.4, 0.5) is 13.2 Å². The van der Waals surface area contributed by atoms with Crippen molar-refractivity contribution in [2.75, 3.05) is 6.54 Å². The monoisotopic (exact) mass is 291 g/mol. The SMILES string of the molecule is CC(C)(C)c1ccc([C@](O)(C[N+](=O)[O-])C(F)(F)F)cc1. The fourth-order valence-electron chi connectivity index (χ4n) is 1.78. The Morgan fingerprint density at radius 2 is 1.50 bits per heavy atom. The van der Waals surface area contributed by atoms with Crippen molar-refractivity contribution < 1.29 is 23.2 Å². The third-order valence-electron chi connectivity index (χ3n) is 3.06. The molecule has 0 heterocycles. The second-order valence-electron chi connectivity index (χ2n) is 5.68. The summed E-state index contributed by atoms with van der Waals surface area (Å²) in [4.78, 5) is 9.23. The number of nitrogens with zero attached hydrogens (tertiary/aromatic N) is 1. The number of rotatable bonds is 3. The fourth-order valence-corrected chi connectivity index (χ4v) is 1.78. The Kier molecular flexibility index (Phi) is 4.14.